The molecular weight excluding hydrogens is 374 g/mol. The third-order valence-electron chi connectivity index (χ3n) is 4.22. The number of anilines is 1. The van der Waals surface area contributed by atoms with Gasteiger partial charge in [0.1, 0.15) is 0 Å². The lowest BCUT2D eigenvalue weighted by Gasteiger charge is -2.14. The summed E-state index contributed by atoms with van der Waals surface area (Å²) >= 11 is 6.74. The van der Waals surface area contributed by atoms with Gasteiger partial charge in [0, 0.05) is 11.8 Å². The summed E-state index contributed by atoms with van der Waals surface area (Å²) in [5, 5.41) is 4.39. The van der Waals surface area contributed by atoms with Gasteiger partial charge in [0.05, 0.1) is 23.3 Å². The van der Waals surface area contributed by atoms with Crippen molar-refractivity contribution in [1.29, 1.82) is 0 Å². The third-order valence-corrected chi connectivity index (χ3v) is 5.53. The van der Waals surface area contributed by atoms with Crippen molar-refractivity contribution < 1.29 is 4.79 Å². The minimum absolute atomic E-state index is 0.0929. The minimum atomic E-state index is -0.0929. The van der Waals surface area contributed by atoms with E-state index in [1.165, 1.54) is 17.3 Å². The molecule has 1 aliphatic heterocycles. The Labute approximate surface area is 167 Å². The van der Waals surface area contributed by atoms with Gasteiger partial charge in [-0.15, -0.1) is 0 Å². The predicted molar refractivity (Wildman–Crippen MR) is 115 cm³/mol. The summed E-state index contributed by atoms with van der Waals surface area (Å²) in [5.74, 6) is -0.0929. The van der Waals surface area contributed by atoms with Crippen LogP contribution in [0, 0.1) is 6.92 Å². The summed E-state index contributed by atoms with van der Waals surface area (Å²) in [6.07, 6.45) is 5.55. The van der Waals surface area contributed by atoms with Crippen LogP contribution >= 0.6 is 24.0 Å². The fraction of sp³-hybridized carbons (Fsp3) is 0.0952. The number of thiocarbonyl (C=S) groups is 1. The largest absolute Gasteiger partial charge is 0.270 e. The van der Waals surface area contributed by atoms with E-state index in [0.717, 1.165) is 16.8 Å². The molecule has 6 heteroatoms. The zero-order valence-corrected chi connectivity index (χ0v) is 16.3. The highest BCUT2D eigenvalue weighted by Crippen LogP contribution is 2.36. The third kappa shape index (κ3) is 3.86. The molecule has 2 heterocycles. The SMILES string of the molecule is Cc1ccc(N2C(=O)/C(=C\c3cnn(Cc4ccccc4)c3)SC2=S)cc1. The lowest BCUT2D eigenvalue weighted by molar-refractivity contribution is -0.113. The first-order valence-electron chi connectivity index (χ1n) is 8.51. The first-order chi connectivity index (χ1) is 13.1. The van der Waals surface area contributed by atoms with Crippen molar-refractivity contribution in [3.8, 4) is 0 Å². The van der Waals surface area contributed by atoms with E-state index >= 15 is 0 Å². The van der Waals surface area contributed by atoms with Crippen LogP contribution in [-0.2, 0) is 11.3 Å². The van der Waals surface area contributed by atoms with E-state index in [2.05, 4.69) is 17.2 Å². The summed E-state index contributed by atoms with van der Waals surface area (Å²) in [7, 11) is 0. The molecule has 134 valence electrons. The van der Waals surface area contributed by atoms with Crippen LogP contribution in [0.5, 0.6) is 0 Å². The second kappa shape index (κ2) is 7.50. The quantitative estimate of drug-likeness (QED) is 0.479. The first kappa shape index (κ1) is 17.7. The maximum Gasteiger partial charge on any atom is 0.270 e. The van der Waals surface area contributed by atoms with Crippen LogP contribution in [0.2, 0.25) is 0 Å². The van der Waals surface area contributed by atoms with Gasteiger partial charge < -0.3 is 0 Å². The summed E-state index contributed by atoms with van der Waals surface area (Å²) < 4.78 is 2.41. The molecule has 27 heavy (non-hydrogen) atoms. The average molecular weight is 392 g/mol. The molecule has 0 N–H and O–H groups in total. The zero-order chi connectivity index (χ0) is 18.8. The number of carbonyl (C=O) groups excluding carboxylic acids is 1. The van der Waals surface area contributed by atoms with Crippen LogP contribution in [0.4, 0.5) is 5.69 Å². The Morgan fingerprint density at radius 2 is 1.85 bits per heavy atom. The summed E-state index contributed by atoms with van der Waals surface area (Å²) in [4.78, 5) is 15.0. The van der Waals surface area contributed by atoms with Crippen molar-refractivity contribution in [2.45, 2.75) is 13.5 Å². The lowest BCUT2D eigenvalue weighted by Crippen LogP contribution is -2.27. The Kier molecular flexibility index (Phi) is 4.92. The smallest absolute Gasteiger partial charge is 0.268 e. The topological polar surface area (TPSA) is 38.1 Å². The molecule has 0 spiro atoms. The number of thioether (sulfide) groups is 1. The molecule has 0 aliphatic carbocycles. The number of nitrogens with zero attached hydrogens (tertiary/aromatic N) is 3. The van der Waals surface area contributed by atoms with Gasteiger partial charge in [0.25, 0.3) is 5.91 Å². The van der Waals surface area contributed by atoms with E-state index in [4.69, 9.17) is 12.2 Å². The second-order valence-corrected chi connectivity index (χ2v) is 7.99. The number of rotatable bonds is 4. The first-order valence-corrected chi connectivity index (χ1v) is 9.73. The molecular formula is C21H17N3OS2. The number of hydrogen-bond acceptors (Lipinski definition) is 4. The standard InChI is InChI=1S/C21H17N3OS2/c1-15-7-9-18(10-8-15)24-20(25)19(27-21(24)26)11-17-12-22-23(14-17)13-16-5-3-2-4-6-16/h2-12,14H,13H2,1H3/b19-11+. The molecule has 1 fully saturated rings. The Morgan fingerprint density at radius 3 is 2.59 bits per heavy atom. The number of amides is 1. The summed E-state index contributed by atoms with van der Waals surface area (Å²) in [6.45, 7) is 2.71. The number of hydrogen-bond donors (Lipinski definition) is 0. The van der Waals surface area contributed by atoms with Crippen LogP contribution in [0.25, 0.3) is 6.08 Å². The lowest BCUT2D eigenvalue weighted by atomic mass is 10.2. The molecule has 4 nitrogen and oxygen atoms in total. The van der Waals surface area contributed by atoms with Crippen LogP contribution < -0.4 is 4.90 Å². The van der Waals surface area contributed by atoms with E-state index in [0.29, 0.717) is 15.8 Å². The van der Waals surface area contributed by atoms with E-state index in [9.17, 15) is 4.79 Å². The number of aromatic nitrogens is 2. The van der Waals surface area contributed by atoms with E-state index in [1.807, 2.05) is 66.3 Å². The molecule has 0 bridgehead atoms. The van der Waals surface area contributed by atoms with E-state index in [1.54, 1.807) is 11.1 Å². The van der Waals surface area contributed by atoms with Gasteiger partial charge in [-0.2, -0.15) is 5.10 Å². The molecule has 0 saturated carbocycles. The molecule has 1 aliphatic rings. The Balaban J connectivity index is 1.53. The molecule has 0 radical (unpaired) electrons. The molecule has 2 aromatic carbocycles. The molecule has 1 saturated heterocycles. The fourth-order valence-electron chi connectivity index (χ4n) is 2.85. The predicted octanol–water partition coefficient (Wildman–Crippen LogP) is 4.65. The highest BCUT2D eigenvalue weighted by Gasteiger charge is 2.33. The van der Waals surface area contributed by atoms with Gasteiger partial charge in [-0.3, -0.25) is 14.4 Å². The molecule has 1 amide bonds. The van der Waals surface area contributed by atoms with Crippen molar-refractivity contribution in [3.05, 3.63) is 88.6 Å². The van der Waals surface area contributed by atoms with Crippen LogP contribution in [0.3, 0.4) is 0 Å². The number of aryl methyl sites for hydroxylation is 1. The number of carbonyl (C=O) groups is 1. The van der Waals surface area contributed by atoms with Gasteiger partial charge in [0.15, 0.2) is 4.32 Å². The van der Waals surface area contributed by atoms with Gasteiger partial charge in [-0.05, 0) is 30.7 Å². The summed E-state index contributed by atoms with van der Waals surface area (Å²) in [5.41, 5.74) is 4.00. The Hall–Kier alpha value is -2.70. The zero-order valence-electron chi connectivity index (χ0n) is 14.7. The van der Waals surface area contributed by atoms with E-state index < -0.39 is 0 Å². The van der Waals surface area contributed by atoms with Crippen LogP contribution in [0.1, 0.15) is 16.7 Å². The molecule has 0 unspecified atom stereocenters. The van der Waals surface area contributed by atoms with E-state index in [-0.39, 0.29) is 5.91 Å². The fourth-order valence-corrected chi connectivity index (χ4v) is 4.15. The van der Waals surface area contributed by atoms with Gasteiger partial charge in [-0.25, -0.2) is 0 Å². The highest BCUT2D eigenvalue weighted by molar-refractivity contribution is 8.27. The van der Waals surface area contributed by atoms with Crippen LogP contribution in [-0.4, -0.2) is 20.0 Å². The van der Waals surface area contributed by atoms with Gasteiger partial charge in [-0.1, -0.05) is 72.0 Å². The normalized spacial score (nSPS) is 15.7. The molecule has 3 aromatic rings. The van der Waals surface area contributed by atoms with Crippen molar-refractivity contribution in [2.24, 2.45) is 0 Å². The summed E-state index contributed by atoms with van der Waals surface area (Å²) in [6, 6.07) is 17.9. The molecule has 0 atom stereocenters. The maximum atomic E-state index is 12.8. The van der Waals surface area contributed by atoms with Gasteiger partial charge >= 0.3 is 0 Å². The maximum absolute atomic E-state index is 12.8. The molecule has 4 rings (SSSR count). The Bertz CT molecular complexity index is 1020. The van der Waals surface area contributed by atoms with Crippen molar-refractivity contribution >= 4 is 46.0 Å². The molecule has 1 aromatic heterocycles. The van der Waals surface area contributed by atoms with Crippen LogP contribution in [0.15, 0.2) is 71.9 Å². The second-order valence-electron chi connectivity index (χ2n) is 6.31. The average Bonchev–Trinajstić information content (AvgIpc) is 3.21. The van der Waals surface area contributed by atoms with Crippen molar-refractivity contribution in [3.63, 3.8) is 0 Å². The number of benzene rings is 2. The van der Waals surface area contributed by atoms with Crippen molar-refractivity contribution in [2.75, 3.05) is 4.90 Å². The monoisotopic (exact) mass is 391 g/mol. The van der Waals surface area contributed by atoms with Crippen molar-refractivity contribution in [1.82, 2.24) is 9.78 Å². The Morgan fingerprint density at radius 1 is 1.11 bits per heavy atom. The highest BCUT2D eigenvalue weighted by atomic mass is 32.2. The minimum Gasteiger partial charge on any atom is -0.268 e. The van der Waals surface area contributed by atoms with Gasteiger partial charge in [0.2, 0.25) is 0 Å².